The molecule has 0 radical (unpaired) electrons. The van der Waals surface area contributed by atoms with Gasteiger partial charge in [-0.05, 0) is 85.7 Å². The summed E-state index contributed by atoms with van der Waals surface area (Å²) in [4.78, 5) is 37.3. The molecule has 8 heteroatoms. The highest BCUT2D eigenvalue weighted by Gasteiger charge is 2.25. The van der Waals surface area contributed by atoms with Gasteiger partial charge in [-0.25, -0.2) is 9.97 Å². The molecule has 1 aliphatic heterocycles. The van der Waals surface area contributed by atoms with Gasteiger partial charge in [0, 0.05) is 19.2 Å². The maximum atomic E-state index is 11.8. The van der Waals surface area contributed by atoms with Crippen molar-refractivity contribution in [1.29, 1.82) is 0 Å². The minimum absolute atomic E-state index is 0.341. The Bertz CT molecular complexity index is 1210. The van der Waals surface area contributed by atoms with Crippen molar-refractivity contribution in [2.45, 2.75) is 51.5 Å². The second-order valence-electron chi connectivity index (χ2n) is 9.62. The van der Waals surface area contributed by atoms with E-state index in [0.29, 0.717) is 22.4 Å². The lowest BCUT2D eigenvalue weighted by molar-refractivity contribution is -0.115. The molecule has 7 nitrogen and oxygen atoms in total. The summed E-state index contributed by atoms with van der Waals surface area (Å²) in [6, 6.07) is 8.04. The molecular weight excluding hydrogens is 470 g/mol. The zero-order valence-corrected chi connectivity index (χ0v) is 21.1. The second kappa shape index (κ2) is 11.8. The van der Waals surface area contributed by atoms with Crippen molar-refractivity contribution in [2.24, 2.45) is 11.8 Å². The van der Waals surface area contributed by atoms with Gasteiger partial charge < -0.3 is 5.32 Å². The Hall–Kier alpha value is -3.10. The van der Waals surface area contributed by atoms with E-state index in [9.17, 15) is 9.59 Å². The standard InChI is InChI=1S/C28H31N5O2S/c34-27-25(36-28(35)33-27)16-22-14-15-30-26(32-22)13-12-19-8-10-20(11-9-19)17-29-18-23-6-3-7-24(31-23)21-4-1-2-5-21/h1,3-7,14-16,19-20,29H,2,8-13,17-18H2,(H,33,34,35)/b25-16-. The van der Waals surface area contributed by atoms with Crippen LogP contribution in [0.2, 0.25) is 0 Å². The van der Waals surface area contributed by atoms with E-state index in [0.717, 1.165) is 61.3 Å². The molecule has 0 spiro atoms. The van der Waals surface area contributed by atoms with E-state index in [1.165, 1.54) is 31.3 Å². The van der Waals surface area contributed by atoms with Crippen molar-refractivity contribution in [2.75, 3.05) is 6.54 Å². The van der Waals surface area contributed by atoms with Crippen LogP contribution in [0.25, 0.3) is 11.6 Å². The summed E-state index contributed by atoms with van der Waals surface area (Å²) >= 11 is 0.908. The van der Waals surface area contributed by atoms with Crippen LogP contribution >= 0.6 is 11.8 Å². The molecular formula is C28H31N5O2S. The number of allylic oxidation sites excluding steroid dienone is 4. The minimum atomic E-state index is -0.361. The maximum Gasteiger partial charge on any atom is 0.290 e. The fourth-order valence-corrected chi connectivity index (χ4v) is 5.69. The molecule has 0 unspecified atom stereocenters. The van der Waals surface area contributed by atoms with Crippen LogP contribution in [-0.2, 0) is 17.8 Å². The van der Waals surface area contributed by atoms with Gasteiger partial charge in [0.05, 0.1) is 22.0 Å². The molecule has 5 rings (SSSR count). The van der Waals surface area contributed by atoms with Crippen LogP contribution in [0.1, 0.15) is 61.4 Å². The van der Waals surface area contributed by atoms with Gasteiger partial charge in [-0.3, -0.25) is 19.9 Å². The fraction of sp³-hybridized carbons (Fsp3) is 0.393. The number of imide groups is 1. The molecule has 2 aromatic heterocycles. The lowest BCUT2D eigenvalue weighted by atomic mass is 9.80. The molecule has 2 aliphatic carbocycles. The predicted octanol–water partition coefficient (Wildman–Crippen LogP) is 5.07. The lowest BCUT2D eigenvalue weighted by Crippen LogP contribution is -2.26. The van der Waals surface area contributed by atoms with Crippen molar-refractivity contribution in [3.8, 4) is 0 Å². The summed E-state index contributed by atoms with van der Waals surface area (Å²) in [7, 11) is 0. The van der Waals surface area contributed by atoms with E-state index < -0.39 is 0 Å². The molecule has 2 amide bonds. The van der Waals surface area contributed by atoms with Gasteiger partial charge in [-0.2, -0.15) is 0 Å². The van der Waals surface area contributed by atoms with Crippen LogP contribution in [0.3, 0.4) is 0 Å². The van der Waals surface area contributed by atoms with E-state index in [4.69, 9.17) is 4.98 Å². The fourth-order valence-electron chi connectivity index (χ4n) is 5.02. The van der Waals surface area contributed by atoms with E-state index in [1.54, 1.807) is 18.3 Å². The number of nitrogens with zero attached hydrogens (tertiary/aromatic N) is 3. The summed E-state index contributed by atoms with van der Waals surface area (Å²) < 4.78 is 0. The van der Waals surface area contributed by atoms with Gasteiger partial charge >= 0.3 is 0 Å². The molecule has 3 aliphatic rings. The Balaban J connectivity index is 1.03. The van der Waals surface area contributed by atoms with Crippen LogP contribution < -0.4 is 10.6 Å². The first kappa shape index (κ1) is 24.6. The highest BCUT2D eigenvalue weighted by molar-refractivity contribution is 8.18. The molecule has 186 valence electrons. The second-order valence-corrected chi connectivity index (χ2v) is 10.6. The van der Waals surface area contributed by atoms with Crippen molar-refractivity contribution < 1.29 is 9.59 Å². The molecule has 0 aromatic carbocycles. The highest BCUT2D eigenvalue weighted by atomic mass is 32.2. The monoisotopic (exact) mass is 501 g/mol. The zero-order valence-electron chi connectivity index (χ0n) is 20.3. The van der Waals surface area contributed by atoms with E-state index in [-0.39, 0.29) is 11.1 Å². The number of thioether (sulfide) groups is 1. The number of carbonyl (C=O) groups is 2. The number of nitrogens with one attached hydrogen (secondary N) is 2. The number of carbonyl (C=O) groups excluding carboxylic acids is 2. The van der Waals surface area contributed by atoms with Gasteiger partial charge in [-0.15, -0.1) is 0 Å². The van der Waals surface area contributed by atoms with Crippen LogP contribution in [0.4, 0.5) is 4.79 Å². The van der Waals surface area contributed by atoms with Gasteiger partial charge in [0.15, 0.2) is 0 Å². The largest absolute Gasteiger partial charge is 0.311 e. The molecule has 2 N–H and O–H groups in total. The molecule has 1 saturated heterocycles. The normalized spacial score (nSPS) is 22.8. The van der Waals surface area contributed by atoms with Crippen LogP contribution in [-0.4, -0.2) is 32.6 Å². The topological polar surface area (TPSA) is 96.9 Å². The first-order valence-corrected chi connectivity index (χ1v) is 13.5. The molecule has 36 heavy (non-hydrogen) atoms. The number of amides is 2. The number of hydrogen-bond donors (Lipinski definition) is 2. The van der Waals surface area contributed by atoms with Crippen LogP contribution in [0.15, 0.2) is 53.6 Å². The Morgan fingerprint density at radius 1 is 1.08 bits per heavy atom. The minimum Gasteiger partial charge on any atom is -0.311 e. The van der Waals surface area contributed by atoms with Crippen molar-refractivity contribution in [3.63, 3.8) is 0 Å². The molecule has 2 aromatic rings. The van der Waals surface area contributed by atoms with E-state index >= 15 is 0 Å². The quantitative estimate of drug-likeness (QED) is 0.463. The third kappa shape index (κ3) is 6.56. The Morgan fingerprint density at radius 2 is 1.94 bits per heavy atom. The SMILES string of the molecule is O=C1NC(=O)/C(=C/c2ccnc(CCC3CCC(CNCc4cccc(C5=CCC=C5)n4)CC3)n2)S1. The van der Waals surface area contributed by atoms with Crippen LogP contribution in [0.5, 0.6) is 0 Å². The third-order valence-electron chi connectivity index (χ3n) is 7.00. The summed E-state index contributed by atoms with van der Waals surface area (Å²) in [6.45, 7) is 1.85. The predicted molar refractivity (Wildman–Crippen MR) is 143 cm³/mol. The Labute approximate surface area is 216 Å². The van der Waals surface area contributed by atoms with E-state index in [2.05, 4.69) is 57.0 Å². The van der Waals surface area contributed by atoms with Crippen LogP contribution in [0, 0.1) is 11.8 Å². The van der Waals surface area contributed by atoms with Crippen molar-refractivity contribution >= 4 is 34.6 Å². The summed E-state index contributed by atoms with van der Waals surface area (Å²) in [6.07, 6.45) is 17.8. The first-order chi connectivity index (χ1) is 17.6. The summed E-state index contributed by atoms with van der Waals surface area (Å²) in [5, 5.41) is 5.55. The van der Waals surface area contributed by atoms with E-state index in [1.807, 2.05) is 0 Å². The van der Waals surface area contributed by atoms with Crippen molar-refractivity contribution in [1.82, 2.24) is 25.6 Å². The Morgan fingerprint density at radius 3 is 2.72 bits per heavy atom. The molecule has 0 bridgehead atoms. The first-order valence-electron chi connectivity index (χ1n) is 12.7. The number of pyridine rings is 1. The number of rotatable bonds is 9. The summed E-state index contributed by atoms with van der Waals surface area (Å²) in [5.74, 6) is 1.85. The number of hydrogen-bond acceptors (Lipinski definition) is 7. The zero-order chi connectivity index (χ0) is 24.7. The lowest BCUT2D eigenvalue weighted by Gasteiger charge is -2.28. The third-order valence-corrected chi connectivity index (χ3v) is 7.81. The van der Waals surface area contributed by atoms with Gasteiger partial charge in [0.1, 0.15) is 5.82 Å². The number of aryl methyl sites for hydroxylation is 1. The Kier molecular flexibility index (Phi) is 8.03. The molecule has 3 heterocycles. The van der Waals surface area contributed by atoms with Crippen molar-refractivity contribution in [3.05, 3.63) is 76.5 Å². The molecule has 2 fully saturated rings. The highest BCUT2D eigenvalue weighted by Crippen LogP contribution is 2.31. The molecule has 0 atom stereocenters. The average Bonchev–Trinajstić information content (AvgIpc) is 3.54. The smallest absolute Gasteiger partial charge is 0.290 e. The maximum absolute atomic E-state index is 11.8. The van der Waals surface area contributed by atoms with Gasteiger partial charge in [0.25, 0.3) is 11.1 Å². The number of aromatic nitrogens is 3. The average molecular weight is 502 g/mol. The molecule has 1 saturated carbocycles. The van der Waals surface area contributed by atoms with Gasteiger partial charge in [-0.1, -0.05) is 37.1 Å². The summed E-state index contributed by atoms with van der Waals surface area (Å²) in [5.41, 5.74) is 4.05. The van der Waals surface area contributed by atoms with Gasteiger partial charge in [0.2, 0.25) is 0 Å².